The molecule has 18 heavy (non-hydrogen) atoms. The molecule has 0 aromatic rings. The minimum absolute atomic E-state index is 0.0227. The molecule has 0 aromatic carbocycles. The molecule has 1 aliphatic carbocycles. The summed E-state index contributed by atoms with van der Waals surface area (Å²) in [5.74, 6) is -1.09. The van der Waals surface area contributed by atoms with E-state index in [-0.39, 0.29) is 24.1 Å². The van der Waals surface area contributed by atoms with Crippen LogP contribution in [0.1, 0.15) is 32.1 Å². The van der Waals surface area contributed by atoms with Crippen LogP contribution in [-0.4, -0.2) is 52.3 Å². The first-order chi connectivity index (χ1) is 8.56. The van der Waals surface area contributed by atoms with Crippen LogP contribution in [0.15, 0.2) is 0 Å². The van der Waals surface area contributed by atoms with Crippen LogP contribution in [0.5, 0.6) is 0 Å². The molecule has 2 amide bonds. The topological polar surface area (TPSA) is 89.9 Å². The number of nitrogens with zero attached hydrogens (tertiary/aromatic N) is 1. The van der Waals surface area contributed by atoms with Crippen LogP contribution >= 0.6 is 0 Å². The van der Waals surface area contributed by atoms with Crippen LogP contribution in [0.25, 0.3) is 0 Å². The van der Waals surface area contributed by atoms with Crippen molar-refractivity contribution < 1.29 is 19.8 Å². The monoisotopic (exact) mass is 256 g/mol. The Morgan fingerprint density at radius 1 is 1.11 bits per heavy atom. The summed E-state index contributed by atoms with van der Waals surface area (Å²) in [6.45, 7) is 1.14. The number of rotatable bonds is 2. The van der Waals surface area contributed by atoms with Crippen molar-refractivity contribution in [3.63, 3.8) is 0 Å². The average molecular weight is 256 g/mol. The van der Waals surface area contributed by atoms with E-state index in [1.807, 2.05) is 0 Å². The molecule has 2 fully saturated rings. The Morgan fingerprint density at radius 3 is 2.33 bits per heavy atom. The summed E-state index contributed by atoms with van der Waals surface area (Å²) in [6, 6.07) is -0.150. The van der Waals surface area contributed by atoms with Gasteiger partial charge in [0, 0.05) is 19.1 Å². The van der Waals surface area contributed by atoms with Gasteiger partial charge in [0.2, 0.25) is 0 Å². The van der Waals surface area contributed by atoms with Crippen molar-refractivity contribution in [2.24, 2.45) is 5.92 Å². The first kappa shape index (κ1) is 13.1. The maximum absolute atomic E-state index is 11.9. The molecule has 0 spiro atoms. The largest absolute Gasteiger partial charge is 0.481 e. The molecule has 2 aliphatic rings. The highest BCUT2D eigenvalue weighted by Crippen LogP contribution is 2.25. The molecule has 2 atom stereocenters. The molecular weight excluding hydrogens is 236 g/mol. The standard InChI is InChI=1S/C12H20N2O4/c15-10-3-5-14(6-4-10)12(18)13-9-2-1-8(7-9)11(16)17/h8-10,15H,1-7H2,(H,13,18)(H,16,17)/t8-,9+/m1/s1. The van der Waals surface area contributed by atoms with E-state index >= 15 is 0 Å². The second kappa shape index (κ2) is 5.56. The van der Waals surface area contributed by atoms with Gasteiger partial charge in [0.1, 0.15) is 0 Å². The van der Waals surface area contributed by atoms with Crippen molar-refractivity contribution >= 4 is 12.0 Å². The zero-order chi connectivity index (χ0) is 13.1. The number of carboxylic acid groups (broad SMARTS) is 1. The smallest absolute Gasteiger partial charge is 0.317 e. The second-order valence-electron chi connectivity index (χ2n) is 5.21. The number of piperidine rings is 1. The molecule has 1 aliphatic heterocycles. The van der Waals surface area contributed by atoms with Gasteiger partial charge >= 0.3 is 12.0 Å². The lowest BCUT2D eigenvalue weighted by molar-refractivity contribution is -0.141. The van der Waals surface area contributed by atoms with E-state index in [1.54, 1.807) is 4.90 Å². The third-order valence-electron chi connectivity index (χ3n) is 3.86. The van der Waals surface area contributed by atoms with Gasteiger partial charge in [-0.1, -0.05) is 0 Å². The highest BCUT2D eigenvalue weighted by Gasteiger charge is 2.31. The minimum Gasteiger partial charge on any atom is -0.481 e. The van der Waals surface area contributed by atoms with Crippen LogP contribution in [0.2, 0.25) is 0 Å². The number of carbonyl (C=O) groups is 2. The number of aliphatic hydroxyl groups is 1. The molecule has 0 bridgehead atoms. The van der Waals surface area contributed by atoms with Crippen LogP contribution < -0.4 is 5.32 Å². The molecule has 6 nitrogen and oxygen atoms in total. The molecule has 1 saturated carbocycles. The fourth-order valence-electron chi connectivity index (χ4n) is 2.67. The number of hydrogen-bond donors (Lipinski definition) is 3. The Morgan fingerprint density at radius 2 is 1.78 bits per heavy atom. The molecule has 1 heterocycles. The Labute approximate surface area is 106 Å². The zero-order valence-corrected chi connectivity index (χ0v) is 10.3. The Bertz CT molecular complexity index is 326. The van der Waals surface area contributed by atoms with E-state index in [0.717, 1.165) is 6.42 Å². The van der Waals surface area contributed by atoms with Crippen LogP contribution in [0, 0.1) is 5.92 Å². The third-order valence-corrected chi connectivity index (χ3v) is 3.86. The molecule has 1 saturated heterocycles. The summed E-state index contributed by atoms with van der Waals surface area (Å²) < 4.78 is 0. The summed E-state index contributed by atoms with van der Waals surface area (Å²) in [5.41, 5.74) is 0. The number of amides is 2. The quantitative estimate of drug-likeness (QED) is 0.667. The van der Waals surface area contributed by atoms with Crippen molar-refractivity contribution in [1.82, 2.24) is 10.2 Å². The normalized spacial score (nSPS) is 29.3. The van der Waals surface area contributed by atoms with Crippen molar-refractivity contribution in [1.29, 1.82) is 0 Å². The predicted octanol–water partition coefficient (Wildman–Crippen LogP) is 0.406. The maximum Gasteiger partial charge on any atom is 0.317 e. The molecule has 3 N–H and O–H groups in total. The first-order valence-corrected chi connectivity index (χ1v) is 6.52. The van der Waals surface area contributed by atoms with Gasteiger partial charge in [-0.3, -0.25) is 4.79 Å². The van der Waals surface area contributed by atoms with E-state index in [9.17, 15) is 14.7 Å². The Balaban J connectivity index is 1.76. The molecule has 0 radical (unpaired) electrons. The summed E-state index contributed by atoms with van der Waals surface area (Å²) in [5, 5.41) is 21.1. The number of aliphatic carboxylic acids is 1. The van der Waals surface area contributed by atoms with Crippen LogP contribution in [0.3, 0.4) is 0 Å². The molecule has 0 unspecified atom stereocenters. The maximum atomic E-state index is 11.9. The number of carbonyl (C=O) groups excluding carboxylic acids is 1. The average Bonchev–Trinajstić information content (AvgIpc) is 2.78. The number of likely N-dealkylation sites (tertiary alicyclic amines) is 1. The van der Waals surface area contributed by atoms with E-state index < -0.39 is 5.97 Å². The summed E-state index contributed by atoms with van der Waals surface area (Å²) in [6.07, 6.45) is 2.85. The summed E-state index contributed by atoms with van der Waals surface area (Å²) in [7, 11) is 0. The van der Waals surface area contributed by atoms with Crippen molar-refractivity contribution in [3.8, 4) is 0 Å². The highest BCUT2D eigenvalue weighted by molar-refractivity contribution is 5.75. The molecule has 0 aromatic heterocycles. The van der Waals surface area contributed by atoms with Crippen LogP contribution in [-0.2, 0) is 4.79 Å². The number of carboxylic acids is 1. The molecule has 6 heteroatoms. The van der Waals surface area contributed by atoms with Crippen molar-refractivity contribution in [3.05, 3.63) is 0 Å². The summed E-state index contributed by atoms with van der Waals surface area (Å²) >= 11 is 0. The van der Waals surface area contributed by atoms with E-state index in [2.05, 4.69) is 5.32 Å². The van der Waals surface area contributed by atoms with Gasteiger partial charge in [0.25, 0.3) is 0 Å². The number of urea groups is 1. The third kappa shape index (κ3) is 3.13. The van der Waals surface area contributed by atoms with E-state index in [4.69, 9.17) is 5.11 Å². The van der Waals surface area contributed by atoms with Gasteiger partial charge in [-0.2, -0.15) is 0 Å². The Kier molecular flexibility index (Phi) is 4.06. The molecular formula is C12H20N2O4. The van der Waals surface area contributed by atoms with Gasteiger partial charge in [-0.25, -0.2) is 4.79 Å². The lowest BCUT2D eigenvalue weighted by Crippen LogP contribution is -2.48. The first-order valence-electron chi connectivity index (χ1n) is 6.52. The van der Waals surface area contributed by atoms with Crippen molar-refractivity contribution in [2.45, 2.75) is 44.2 Å². The fourth-order valence-corrected chi connectivity index (χ4v) is 2.67. The summed E-state index contributed by atoms with van der Waals surface area (Å²) in [4.78, 5) is 24.4. The van der Waals surface area contributed by atoms with E-state index in [0.29, 0.717) is 38.8 Å². The number of hydrogen-bond acceptors (Lipinski definition) is 3. The SMILES string of the molecule is O=C(O)[C@@H]1CC[C@H](NC(=O)N2CCC(O)CC2)C1. The van der Waals surface area contributed by atoms with Gasteiger partial charge < -0.3 is 20.4 Å². The van der Waals surface area contributed by atoms with Gasteiger partial charge in [-0.15, -0.1) is 0 Å². The minimum atomic E-state index is -0.771. The second-order valence-corrected chi connectivity index (χ2v) is 5.21. The lowest BCUT2D eigenvalue weighted by atomic mass is 10.1. The van der Waals surface area contributed by atoms with Crippen LogP contribution in [0.4, 0.5) is 4.79 Å². The lowest BCUT2D eigenvalue weighted by Gasteiger charge is -2.30. The van der Waals surface area contributed by atoms with E-state index in [1.165, 1.54) is 0 Å². The molecule has 102 valence electrons. The Hall–Kier alpha value is -1.30. The zero-order valence-electron chi connectivity index (χ0n) is 10.3. The van der Waals surface area contributed by atoms with Gasteiger partial charge in [0.05, 0.1) is 12.0 Å². The highest BCUT2D eigenvalue weighted by atomic mass is 16.4. The predicted molar refractivity (Wildman–Crippen MR) is 64.1 cm³/mol. The molecule has 2 rings (SSSR count). The fraction of sp³-hybridized carbons (Fsp3) is 0.833. The van der Waals surface area contributed by atoms with Gasteiger partial charge in [0.15, 0.2) is 0 Å². The number of aliphatic hydroxyl groups excluding tert-OH is 1. The van der Waals surface area contributed by atoms with Gasteiger partial charge in [-0.05, 0) is 32.1 Å². The number of nitrogens with one attached hydrogen (secondary N) is 1. The van der Waals surface area contributed by atoms with Crippen molar-refractivity contribution in [2.75, 3.05) is 13.1 Å².